The first-order chi connectivity index (χ1) is 5.42. The maximum absolute atomic E-state index is 8.78. The Hall–Kier alpha value is -1.37. The predicted octanol–water partition coefficient (Wildman–Crippen LogP) is 0.753. The van der Waals surface area contributed by atoms with Crippen LogP contribution in [0.5, 0.6) is 0 Å². The molecule has 1 saturated carbocycles. The van der Waals surface area contributed by atoms with Gasteiger partial charge in [-0.2, -0.15) is 5.26 Å². The highest BCUT2D eigenvalue weighted by Crippen LogP contribution is 2.38. The summed E-state index contributed by atoms with van der Waals surface area (Å²) in [6.45, 7) is 0. The summed E-state index contributed by atoms with van der Waals surface area (Å²) in [6, 6.07) is 2.21. The molecule has 56 valence electrons. The average molecular weight is 148 g/mol. The third kappa shape index (κ3) is 1.09. The second-order valence-corrected chi connectivity index (χ2v) is 2.82. The Balaban J connectivity index is 2.19. The lowest BCUT2D eigenvalue weighted by Gasteiger charge is -2.05. The molecule has 4 nitrogen and oxygen atoms in total. The van der Waals surface area contributed by atoms with E-state index in [0.29, 0.717) is 5.92 Å². The normalized spacial score (nSPS) is 19.2. The van der Waals surface area contributed by atoms with E-state index in [1.807, 2.05) is 0 Å². The Morgan fingerprint density at radius 3 is 2.55 bits per heavy atom. The zero-order valence-electron chi connectivity index (χ0n) is 6.01. The van der Waals surface area contributed by atoms with Crippen molar-refractivity contribution >= 4 is 0 Å². The molecule has 0 aromatic carbocycles. The highest BCUT2D eigenvalue weighted by molar-refractivity contribution is 4.99. The summed E-state index contributed by atoms with van der Waals surface area (Å²) >= 11 is 0. The van der Waals surface area contributed by atoms with Crippen molar-refractivity contribution in [2.45, 2.75) is 18.9 Å². The molecule has 2 rings (SSSR count). The first-order valence-corrected chi connectivity index (χ1v) is 3.65. The molecule has 0 bridgehead atoms. The smallest absolute Gasteiger partial charge is 0.126 e. The fraction of sp³-hybridized carbons (Fsp3) is 0.571. The van der Waals surface area contributed by atoms with Crippen LogP contribution in [0.1, 0.15) is 18.9 Å². The third-order valence-electron chi connectivity index (χ3n) is 1.96. The predicted molar refractivity (Wildman–Crippen MR) is 37.4 cm³/mol. The van der Waals surface area contributed by atoms with Crippen LogP contribution in [0.25, 0.3) is 0 Å². The highest BCUT2D eigenvalue weighted by atomic mass is 15.2. The van der Waals surface area contributed by atoms with Gasteiger partial charge in [-0.15, -0.1) is 10.2 Å². The molecule has 1 aromatic rings. The van der Waals surface area contributed by atoms with Crippen LogP contribution in [-0.2, 0) is 0 Å². The van der Waals surface area contributed by atoms with E-state index in [1.165, 1.54) is 0 Å². The van der Waals surface area contributed by atoms with E-state index in [4.69, 9.17) is 5.26 Å². The lowest BCUT2D eigenvalue weighted by atomic mass is 10.2. The molecule has 1 aliphatic rings. The van der Waals surface area contributed by atoms with Gasteiger partial charge in [0, 0.05) is 0 Å². The molecule has 1 fully saturated rings. The SMILES string of the molecule is N#CC(C1CC1)n1cnnc1. The molecule has 0 saturated heterocycles. The lowest BCUT2D eigenvalue weighted by Crippen LogP contribution is -2.06. The van der Waals surface area contributed by atoms with Crippen LogP contribution in [0.3, 0.4) is 0 Å². The van der Waals surface area contributed by atoms with E-state index in [9.17, 15) is 0 Å². The molecular weight excluding hydrogens is 140 g/mol. The summed E-state index contributed by atoms with van der Waals surface area (Å²) in [5.74, 6) is 0.538. The van der Waals surface area contributed by atoms with E-state index in [-0.39, 0.29) is 6.04 Å². The van der Waals surface area contributed by atoms with E-state index < -0.39 is 0 Å². The van der Waals surface area contributed by atoms with Crippen molar-refractivity contribution in [1.82, 2.24) is 14.8 Å². The van der Waals surface area contributed by atoms with Gasteiger partial charge in [-0.25, -0.2) is 0 Å². The molecular formula is C7H8N4. The van der Waals surface area contributed by atoms with Crippen LogP contribution in [-0.4, -0.2) is 14.8 Å². The van der Waals surface area contributed by atoms with Crippen molar-refractivity contribution in [1.29, 1.82) is 5.26 Å². The van der Waals surface area contributed by atoms with Crippen LogP contribution in [0.15, 0.2) is 12.7 Å². The summed E-state index contributed by atoms with van der Waals surface area (Å²) in [6.07, 6.45) is 5.53. The van der Waals surface area contributed by atoms with Gasteiger partial charge in [0.25, 0.3) is 0 Å². The van der Waals surface area contributed by atoms with Gasteiger partial charge in [0.15, 0.2) is 0 Å². The average Bonchev–Trinajstić information content (AvgIpc) is 2.68. The monoisotopic (exact) mass is 148 g/mol. The Morgan fingerprint density at radius 1 is 1.45 bits per heavy atom. The van der Waals surface area contributed by atoms with Crippen molar-refractivity contribution in [3.8, 4) is 6.07 Å². The molecule has 0 amide bonds. The summed E-state index contributed by atoms with van der Waals surface area (Å²) in [5, 5.41) is 16.1. The minimum atomic E-state index is -0.0370. The Labute approximate surface area is 64.5 Å². The zero-order valence-corrected chi connectivity index (χ0v) is 6.01. The first-order valence-electron chi connectivity index (χ1n) is 3.65. The fourth-order valence-electron chi connectivity index (χ4n) is 1.18. The van der Waals surface area contributed by atoms with E-state index in [0.717, 1.165) is 12.8 Å². The molecule has 1 aromatic heterocycles. The molecule has 1 atom stereocenters. The largest absolute Gasteiger partial charge is 0.303 e. The minimum Gasteiger partial charge on any atom is -0.303 e. The molecule has 1 aliphatic carbocycles. The number of rotatable bonds is 2. The second kappa shape index (κ2) is 2.35. The van der Waals surface area contributed by atoms with Crippen LogP contribution in [0, 0.1) is 17.2 Å². The van der Waals surface area contributed by atoms with Gasteiger partial charge in [0.05, 0.1) is 6.07 Å². The summed E-state index contributed by atoms with van der Waals surface area (Å²) in [7, 11) is 0. The number of nitrogens with zero attached hydrogens (tertiary/aromatic N) is 4. The molecule has 0 radical (unpaired) electrons. The minimum absolute atomic E-state index is 0.0370. The molecule has 11 heavy (non-hydrogen) atoms. The van der Waals surface area contributed by atoms with Gasteiger partial charge >= 0.3 is 0 Å². The Kier molecular flexibility index (Phi) is 1.35. The standard InChI is InChI=1S/C7H8N4/c8-3-7(6-1-2-6)11-4-9-10-5-11/h4-7H,1-2H2. The van der Waals surface area contributed by atoms with Crippen molar-refractivity contribution < 1.29 is 0 Å². The van der Waals surface area contributed by atoms with Crippen LogP contribution >= 0.6 is 0 Å². The fourth-order valence-corrected chi connectivity index (χ4v) is 1.18. The topological polar surface area (TPSA) is 54.5 Å². The van der Waals surface area contributed by atoms with Gasteiger partial charge in [-0.3, -0.25) is 0 Å². The second-order valence-electron chi connectivity index (χ2n) is 2.82. The molecule has 1 heterocycles. The Bertz CT molecular complexity index is 267. The Morgan fingerprint density at radius 2 is 2.09 bits per heavy atom. The lowest BCUT2D eigenvalue weighted by molar-refractivity contribution is 0.546. The van der Waals surface area contributed by atoms with Crippen molar-refractivity contribution in [3.63, 3.8) is 0 Å². The molecule has 4 heteroatoms. The van der Waals surface area contributed by atoms with Gasteiger partial charge in [-0.1, -0.05) is 0 Å². The number of nitriles is 1. The quantitative estimate of drug-likeness (QED) is 0.622. The van der Waals surface area contributed by atoms with Gasteiger partial charge in [-0.05, 0) is 18.8 Å². The van der Waals surface area contributed by atoms with Crippen molar-refractivity contribution in [2.75, 3.05) is 0 Å². The third-order valence-corrected chi connectivity index (χ3v) is 1.96. The van der Waals surface area contributed by atoms with E-state index in [2.05, 4.69) is 16.3 Å². The maximum Gasteiger partial charge on any atom is 0.126 e. The van der Waals surface area contributed by atoms with Gasteiger partial charge in [0.1, 0.15) is 18.7 Å². The molecule has 0 N–H and O–H groups in total. The number of aromatic nitrogens is 3. The van der Waals surface area contributed by atoms with Crippen molar-refractivity contribution in [2.24, 2.45) is 5.92 Å². The van der Waals surface area contributed by atoms with E-state index in [1.54, 1.807) is 17.2 Å². The summed E-state index contributed by atoms with van der Waals surface area (Å²) in [5.41, 5.74) is 0. The van der Waals surface area contributed by atoms with Crippen LogP contribution in [0.4, 0.5) is 0 Å². The maximum atomic E-state index is 8.78. The summed E-state index contributed by atoms with van der Waals surface area (Å²) < 4.78 is 1.78. The van der Waals surface area contributed by atoms with Gasteiger partial charge < -0.3 is 4.57 Å². The summed E-state index contributed by atoms with van der Waals surface area (Å²) in [4.78, 5) is 0. The molecule has 0 aliphatic heterocycles. The number of hydrogen-bond acceptors (Lipinski definition) is 3. The molecule has 1 unspecified atom stereocenters. The first kappa shape index (κ1) is 6.35. The van der Waals surface area contributed by atoms with Crippen LogP contribution < -0.4 is 0 Å². The number of hydrogen-bond donors (Lipinski definition) is 0. The van der Waals surface area contributed by atoms with Gasteiger partial charge in [0.2, 0.25) is 0 Å². The molecule has 0 spiro atoms. The highest BCUT2D eigenvalue weighted by Gasteiger charge is 2.32. The van der Waals surface area contributed by atoms with Crippen LogP contribution in [0.2, 0.25) is 0 Å². The van der Waals surface area contributed by atoms with Crippen molar-refractivity contribution in [3.05, 3.63) is 12.7 Å². The zero-order chi connectivity index (χ0) is 7.68. The van der Waals surface area contributed by atoms with E-state index >= 15 is 0 Å².